The number of aromatic nitrogens is 1. The van der Waals surface area contributed by atoms with Crippen molar-refractivity contribution in [3.05, 3.63) is 70.5 Å². The molecule has 7 nitrogen and oxygen atoms in total. The molecule has 0 amide bonds. The molecule has 8 heteroatoms. The molecule has 1 aromatic heterocycles. The summed E-state index contributed by atoms with van der Waals surface area (Å²) in [5.74, 6) is -1.49. The number of hydrogen-bond acceptors (Lipinski definition) is 6. The number of nitrogens with zero attached hydrogens (tertiary/aromatic N) is 2. The van der Waals surface area contributed by atoms with E-state index in [0.717, 1.165) is 12.1 Å². The molecule has 1 heterocycles. The van der Waals surface area contributed by atoms with E-state index in [4.69, 9.17) is 9.15 Å². The van der Waals surface area contributed by atoms with E-state index in [0.29, 0.717) is 0 Å². The summed E-state index contributed by atoms with van der Waals surface area (Å²) in [6, 6.07) is 7.95. The number of fused-ring (bicyclic) bond motifs is 1. The quantitative estimate of drug-likeness (QED) is 0.302. The standard InChI is InChI=1S/C17H11FN2O5/c1-2-7-24-17(21)12-8-10(20(22)23)9-14-15(12)25-16(19-14)11-5-3-4-6-13(11)18/h2-6,8-9H,1,7H2. The highest BCUT2D eigenvalue weighted by Gasteiger charge is 2.23. The Hall–Kier alpha value is -3.55. The van der Waals surface area contributed by atoms with Gasteiger partial charge in [-0.2, -0.15) is 0 Å². The molecular weight excluding hydrogens is 331 g/mol. The molecular formula is C17H11FN2O5. The summed E-state index contributed by atoms with van der Waals surface area (Å²) < 4.78 is 24.3. The fourth-order valence-corrected chi connectivity index (χ4v) is 2.24. The third-order valence-electron chi connectivity index (χ3n) is 3.34. The zero-order chi connectivity index (χ0) is 18.0. The SMILES string of the molecule is C=CCOC(=O)c1cc([N+](=O)[O-])cc2nc(-c3ccccc3F)oc12. The molecule has 0 fully saturated rings. The van der Waals surface area contributed by atoms with Gasteiger partial charge in [0.25, 0.3) is 5.69 Å². The largest absolute Gasteiger partial charge is 0.458 e. The lowest BCUT2D eigenvalue weighted by Gasteiger charge is -2.02. The molecule has 25 heavy (non-hydrogen) atoms. The Labute approximate surface area is 140 Å². The van der Waals surface area contributed by atoms with Crippen LogP contribution in [0.5, 0.6) is 0 Å². The molecule has 3 rings (SSSR count). The van der Waals surface area contributed by atoms with Gasteiger partial charge in [0, 0.05) is 12.1 Å². The highest BCUT2D eigenvalue weighted by Crippen LogP contribution is 2.31. The van der Waals surface area contributed by atoms with Gasteiger partial charge in [0.15, 0.2) is 5.58 Å². The first-order valence-electron chi connectivity index (χ1n) is 7.13. The molecule has 0 saturated carbocycles. The number of carbonyl (C=O) groups excluding carboxylic acids is 1. The van der Waals surface area contributed by atoms with Gasteiger partial charge in [-0.15, -0.1) is 0 Å². The lowest BCUT2D eigenvalue weighted by molar-refractivity contribution is -0.384. The van der Waals surface area contributed by atoms with Crippen molar-refractivity contribution in [2.75, 3.05) is 6.61 Å². The normalized spacial score (nSPS) is 10.6. The van der Waals surface area contributed by atoms with Gasteiger partial charge in [-0.1, -0.05) is 24.8 Å². The molecule has 0 unspecified atom stereocenters. The van der Waals surface area contributed by atoms with Gasteiger partial charge in [0.05, 0.1) is 10.5 Å². The number of hydrogen-bond donors (Lipinski definition) is 0. The zero-order valence-electron chi connectivity index (χ0n) is 12.8. The van der Waals surface area contributed by atoms with Crippen LogP contribution in [-0.4, -0.2) is 22.5 Å². The molecule has 0 spiro atoms. The Bertz CT molecular complexity index is 996. The summed E-state index contributed by atoms with van der Waals surface area (Å²) in [6.07, 6.45) is 1.36. The van der Waals surface area contributed by atoms with Crippen LogP contribution in [0.25, 0.3) is 22.6 Å². The summed E-state index contributed by atoms with van der Waals surface area (Å²) in [5.41, 5.74) is -0.407. The first-order chi connectivity index (χ1) is 12.0. The molecule has 3 aromatic rings. The van der Waals surface area contributed by atoms with E-state index in [1.165, 1.54) is 24.3 Å². The predicted octanol–water partition coefficient (Wildman–Crippen LogP) is 3.88. The number of nitro groups is 1. The number of oxazole rings is 1. The fourth-order valence-electron chi connectivity index (χ4n) is 2.24. The van der Waals surface area contributed by atoms with Crippen molar-refractivity contribution < 1.29 is 23.3 Å². The van der Waals surface area contributed by atoms with Crippen molar-refractivity contribution in [2.45, 2.75) is 0 Å². The number of non-ortho nitro benzene ring substituents is 1. The van der Waals surface area contributed by atoms with Crippen LogP contribution in [-0.2, 0) is 4.74 Å². The summed E-state index contributed by atoms with van der Waals surface area (Å²) in [6.45, 7) is 3.35. The number of nitro benzene ring substituents is 1. The lowest BCUT2D eigenvalue weighted by atomic mass is 10.1. The first-order valence-corrected chi connectivity index (χ1v) is 7.13. The van der Waals surface area contributed by atoms with Gasteiger partial charge in [0.1, 0.15) is 23.5 Å². The number of halogens is 1. The van der Waals surface area contributed by atoms with Gasteiger partial charge in [-0.3, -0.25) is 10.1 Å². The van der Waals surface area contributed by atoms with Crippen molar-refractivity contribution in [1.82, 2.24) is 4.98 Å². The van der Waals surface area contributed by atoms with E-state index < -0.39 is 16.7 Å². The van der Waals surface area contributed by atoms with Crippen LogP contribution in [0.15, 0.2) is 53.5 Å². The van der Waals surface area contributed by atoms with Crippen LogP contribution < -0.4 is 0 Å². The summed E-state index contributed by atoms with van der Waals surface area (Å²) in [4.78, 5) is 26.6. The first kappa shape index (κ1) is 16.3. The molecule has 126 valence electrons. The maximum Gasteiger partial charge on any atom is 0.342 e. The van der Waals surface area contributed by atoms with E-state index in [-0.39, 0.29) is 40.4 Å². The number of ether oxygens (including phenoxy) is 1. The van der Waals surface area contributed by atoms with Crippen LogP contribution >= 0.6 is 0 Å². The number of benzene rings is 2. The van der Waals surface area contributed by atoms with Gasteiger partial charge >= 0.3 is 5.97 Å². The minimum Gasteiger partial charge on any atom is -0.458 e. The van der Waals surface area contributed by atoms with Crippen LogP contribution in [0, 0.1) is 15.9 Å². The molecule has 0 aliphatic rings. The number of esters is 1. The third-order valence-corrected chi connectivity index (χ3v) is 3.34. The smallest absolute Gasteiger partial charge is 0.342 e. The Morgan fingerprint density at radius 2 is 2.16 bits per heavy atom. The second-order valence-electron chi connectivity index (χ2n) is 4.98. The molecule has 0 bridgehead atoms. The highest BCUT2D eigenvalue weighted by molar-refractivity contribution is 6.02. The fraction of sp³-hybridized carbons (Fsp3) is 0.0588. The maximum atomic E-state index is 13.9. The molecule has 0 radical (unpaired) electrons. The minimum absolute atomic E-state index is 0.0158. The molecule has 0 saturated heterocycles. The minimum atomic E-state index is -0.829. The summed E-state index contributed by atoms with van der Waals surface area (Å²) >= 11 is 0. The third kappa shape index (κ3) is 3.09. The van der Waals surface area contributed by atoms with Crippen molar-refractivity contribution in [3.63, 3.8) is 0 Å². The van der Waals surface area contributed by atoms with E-state index in [1.54, 1.807) is 6.07 Å². The molecule has 0 aliphatic heterocycles. The van der Waals surface area contributed by atoms with Crippen LogP contribution in [0.3, 0.4) is 0 Å². The average Bonchev–Trinajstić information content (AvgIpc) is 3.02. The van der Waals surface area contributed by atoms with Gasteiger partial charge in [-0.25, -0.2) is 14.2 Å². The summed E-state index contributed by atoms with van der Waals surface area (Å²) in [5, 5.41) is 11.1. The van der Waals surface area contributed by atoms with Gasteiger partial charge in [0.2, 0.25) is 5.89 Å². The van der Waals surface area contributed by atoms with E-state index >= 15 is 0 Å². The van der Waals surface area contributed by atoms with Crippen molar-refractivity contribution >= 4 is 22.8 Å². The second-order valence-corrected chi connectivity index (χ2v) is 4.98. The van der Waals surface area contributed by atoms with Gasteiger partial charge in [-0.05, 0) is 12.1 Å². The number of rotatable bonds is 5. The van der Waals surface area contributed by atoms with E-state index in [1.807, 2.05) is 0 Å². The molecule has 0 aliphatic carbocycles. The number of carbonyl (C=O) groups is 1. The Morgan fingerprint density at radius 3 is 2.84 bits per heavy atom. The monoisotopic (exact) mass is 342 g/mol. The molecule has 2 aromatic carbocycles. The topological polar surface area (TPSA) is 95.5 Å². The second kappa shape index (κ2) is 6.52. The highest BCUT2D eigenvalue weighted by atomic mass is 19.1. The van der Waals surface area contributed by atoms with Gasteiger partial charge < -0.3 is 9.15 Å². The maximum absolute atomic E-state index is 13.9. The van der Waals surface area contributed by atoms with Crippen molar-refractivity contribution in [1.29, 1.82) is 0 Å². The Kier molecular flexibility index (Phi) is 4.25. The molecule has 0 N–H and O–H groups in total. The van der Waals surface area contributed by atoms with Crippen molar-refractivity contribution in [2.24, 2.45) is 0 Å². The lowest BCUT2D eigenvalue weighted by Crippen LogP contribution is -2.06. The van der Waals surface area contributed by atoms with Crippen LogP contribution in [0.1, 0.15) is 10.4 Å². The Balaban J connectivity index is 2.20. The summed E-state index contributed by atoms with van der Waals surface area (Å²) in [7, 11) is 0. The predicted molar refractivity (Wildman–Crippen MR) is 86.5 cm³/mol. The van der Waals surface area contributed by atoms with Crippen LogP contribution in [0.4, 0.5) is 10.1 Å². The van der Waals surface area contributed by atoms with E-state index in [9.17, 15) is 19.3 Å². The Morgan fingerprint density at radius 1 is 1.40 bits per heavy atom. The van der Waals surface area contributed by atoms with E-state index in [2.05, 4.69) is 11.6 Å². The van der Waals surface area contributed by atoms with Crippen LogP contribution in [0.2, 0.25) is 0 Å². The van der Waals surface area contributed by atoms with Crippen molar-refractivity contribution in [3.8, 4) is 11.5 Å². The zero-order valence-corrected chi connectivity index (χ0v) is 12.8. The average molecular weight is 342 g/mol. The molecule has 0 atom stereocenters.